The number of benzene rings is 2. The fourth-order valence-electron chi connectivity index (χ4n) is 5.17. The van der Waals surface area contributed by atoms with E-state index < -0.39 is 0 Å². The maximum absolute atomic E-state index is 2.51. The molecule has 0 fully saturated rings. The molecule has 3 aliphatic rings. The van der Waals surface area contributed by atoms with Crippen molar-refractivity contribution in [3.8, 4) is 11.1 Å². The number of fused-ring (bicyclic) bond motifs is 5. The lowest BCUT2D eigenvalue weighted by molar-refractivity contribution is 0.842. The maximum Gasteiger partial charge on any atom is -0.00102 e. The van der Waals surface area contributed by atoms with E-state index in [4.69, 9.17) is 0 Å². The summed E-state index contributed by atoms with van der Waals surface area (Å²) in [6, 6.07) is 7.47. The van der Waals surface area contributed by atoms with Crippen LogP contribution in [0.25, 0.3) is 28.9 Å². The molecule has 2 aromatic rings. The summed E-state index contributed by atoms with van der Waals surface area (Å²) in [7, 11) is 0. The third kappa shape index (κ3) is 2.06. The SMILES string of the molecule is CC(C)C1=CCc2cc3c(cc21)Cc1c-3cc2c(c1C(C)C)=CCC=2. The second kappa shape index (κ2) is 5.21. The highest BCUT2D eigenvalue weighted by atomic mass is 14.3. The van der Waals surface area contributed by atoms with Crippen LogP contribution >= 0.6 is 0 Å². The lowest BCUT2D eigenvalue weighted by Crippen LogP contribution is -2.28. The zero-order chi connectivity index (χ0) is 17.3. The van der Waals surface area contributed by atoms with Crippen LogP contribution in [0.3, 0.4) is 0 Å². The van der Waals surface area contributed by atoms with Gasteiger partial charge in [0.2, 0.25) is 0 Å². The molecule has 0 heteroatoms. The van der Waals surface area contributed by atoms with Gasteiger partial charge in [0.15, 0.2) is 0 Å². The predicted molar refractivity (Wildman–Crippen MR) is 108 cm³/mol. The first-order valence-corrected chi connectivity index (χ1v) is 9.77. The lowest BCUT2D eigenvalue weighted by atomic mass is 9.91. The highest BCUT2D eigenvalue weighted by molar-refractivity contribution is 5.84. The molecule has 0 spiro atoms. The largest absolute Gasteiger partial charge is 0.0760 e. The Morgan fingerprint density at radius 3 is 2.32 bits per heavy atom. The van der Waals surface area contributed by atoms with Gasteiger partial charge in [0.25, 0.3) is 0 Å². The Bertz CT molecular complexity index is 1060. The summed E-state index contributed by atoms with van der Waals surface area (Å²) in [5.74, 6) is 1.20. The summed E-state index contributed by atoms with van der Waals surface area (Å²) in [4.78, 5) is 0. The van der Waals surface area contributed by atoms with Crippen LogP contribution in [-0.4, -0.2) is 0 Å². The van der Waals surface area contributed by atoms with Crippen molar-refractivity contribution in [1.82, 2.24) is 0 Å². The highest BCUT2D eigenvalue weighted by Crippen LogP contribution is 2.43. The van der Waals surface area contributed by atoms with Gasteiger partial charge in [-0.2, -0.15) is 0 Å². The van der Waals surface area contributed by atoms with Crippen molar-refractivity contribution >= 4 is 17.7 Å². The van der Waals surface area contributed by atoms with Crippen LogP contribution in [0, 0.1) is 5.92 Å². The molecule has 25 heavy (non-hydrogen) atoms. The summed E-state index contributed by atoms with van der Waals surface area (Å²) in [5.41, 5.74) is 12.3. The Kier molecular flexibility index (Phi) is 3.17. The molecule has 0 amide bonds. The van der Waals surface area contributed by atoms with Crippen molar-refractivity contribution in [1.29, 1.82) is 0 Å². The van der Waals surface area contributed by atoms with Gasteiger partial charge in [-0.05, 0) is 98.2 Å². The van der Waals surface area contributed by atoms with Crippen LogP contribution in [0.4, 0.5) is 0 Å². The molecule has 0 saturated heterocycles. The summed E-state index contributed by atoms with van der Waals surface area (Å²) in [5, 5.41) is 2.97. The van der Waals surface area contributed by atoms with Gasteiger partial charge in [0, 0.05) is 0 Å². The Labute approximate surface area is 150 Å². The van der Waals surface area contributed by atoms with Gasteiger partial charge in [-0.1, -0.05) is 52.0 Å². The molecule has 0 radical (unpaired) electrons. The summed E-state index contributed by atoms with van der Waals surface area (Å²) < 4.78 is 0. The van der Waals surface area contributed by atoms with E-state index in [-0.39, 0.29) is 0 Å². The van der Waals surface area contributed by atoms with Crippen molar-refractivity contribution in [3.05, 3.63) is 62.5 Å². The van der Waals surface area contributed by atoms with Crippen LogP contribution in [-0.2, 0) is 12.8 Å². The average molecular weight is 326 g/mol. The van der Waals surface area contributed by atoms with Crippen LogP contribution in [0.15, 0.2) is 24.3 Å². The maximum atomic E-state index is 2.51. The number of allylic oxidation sites excluding steroid dienone is 2. The fraction of sp³-hybridized carbons (Fsp3) is 0.360. The molecule has 126 valence electrons. The summed E-state index contributed by atoms with van der Waals surface area (Å²) >= 11 is 0. The molecule has 0 unspecified atom stereocenters. The molecular formula is C25H26. The highest BCUT2D eigenvalue weighted by Gasteiger charge is 2.27. The predicted octanol–water partition coefficient (Wildman–Crippen LogP) is 4.94. The van der Waals surface area contributed by atoms with E-state index in [1.807, 2.05) is 0 Å². The van der Waals surface area contributed by atoms with E-state index in [1.165, 1.54) is 38.3 Å². The molecule has 2 aromatic carbocycles. The van der Waals surface area contributed by atoms with E-state index in [1.54, 1.807) is 16.7 Å². The first kappa shape index (κ1) is 15.2. The monoisotopic (exact) mass is 326 g/mol. The Morgan fingerprint density at radius 2 is 1.56 bits per heavy atom. The van der Waals surface area contributed by atoms with Gasteiger partial charge in [-0.15, -0.1) is 0 Å². The quantitative estimate of drug-likeness (QED) is 0.625. The second-order valence-corrected chi connectivity index (χ2v) is 8.48. The van der Waals surface area contributed by atoms with Gasteiger partial charge in [0.05, 0.1) is 0 Å². The zero-order valence-electron chi connectivity index (χ0n) is 15.7. The first-order chi connectivity index (χ1) is 12.0. The van der Waals surface area contributed by atoms with Crippen molar-refractivity contribution in [3.63, 3.8) is 0 Å². The number of rotatable bonds is 2. The minimum Gasteiger partial charge on any atom is -0.0760 e. The standard InChI is InChI=1S/C25H26/c1-14(2)19-9-8-17-10-22-18(12-21(17)19)13-24-23(22)11-16-6-5-7-20(16)25(24)15(3)4/h6-7,9-12,14-15H,5,8,13H2,1-4H3. The van der Waals surface area contributed by atoms with Gasteiger partial charge in [0.1, 0.15) is 0 Å². The van der Waals surface area contributed by atoms with Crippen molar-refractivity contribution in [2.75, 3.05) is 0 Å². The van der Waals surface area contributed by atoms with Crippen molar-refractivity contribution in [2.45, 2.75) is 52.9 Å². The molecule has 5 rings (SSSR count). The molecule has 0 atom stereocenters. The van der Waals surface area contributed by atoms with E-state index in [0.29, 0.717) is 11.8 Å². The molecule has 0 nitrogen and oxygen atoms in total. The molecule has 0 heterocycles. The molecule has 0 aromatic heterocycles. The average Bonchev–Trinajstić information content (AvgIpc) is 3.25. The van der Waals surface area contributed by atoms with E-state index in [0.717, 1.165) is 19.3 Å². The molecular weight excluding hydrogens is 300 g/mol. The normalized spacial score (nSPS) is 16.3. The zero-order valence-corrected chi connectivity index (χ0v) is 15.7. The smallest absolute Gasteiger partial charge is 0.00102 e. The minimum atomic E-state index is 0.582. The molecule has 0 saturated carbocycles. The molecule has 3 aliphatic carbocycles. The Balaban J connectivity index is 1.75. The Morgan fingerprint density at radius 1 is 0.760 bits per heavy atom. The molecule has 0 N–H and O–H groups in total. The van der Waals surface area contributed by atoms with Gasteiger partial charge < -0.3 is 0 Å². The Hall–Kier alpha value is -2.08. The molecule has 0 bridgehead atoms. The van der Waals surface area contributed by atoms with Crippen LogP contribution in [0.1, 0.15) is 67.9 Å². The topological polar surface area (TPSA) is 0 Å². The van der Waals surface area contributed by atoms with E-state index in [2.05, 4.69) is 64.1 Å². The van der Waals surface area contributed by atoms with Crippen LogP contribution in [0.5, 0.6) is 0 Å². The third-order valence-electron chi connectivity index (χ3n) is 6.25. The third-order valence-corrected chi connectivity index (χ3v) is 6.25. The van der Waals surface area contributed by atoms with Crippen LogP contribution < -0.4 is 10.4 Å². The van der Waals surface area contributed by atoms with E-state index in [9.17, 15) is 0 Å². The van der Waals surface area contributed by atoms with Crippen molar-refractivity contribution < 1.29 is 0 Å². The summed E-state index contributed by atoms with van der Waals surface area (Å²) in [6.07, 6.45) is 10.6. The molecule has 0 aliphatic heterocycles. The van der Waals surface area contributed by atoms with Gasteiger partial charge in [-0.3, -0.25) is 0 Å². The number of hydrogen-bond donors (Lipinski definition) is 0. The van der Waals surface area contributed by atoms with Gasteiger partial charge in [-0.25, -0.2) is 0 Å². The minimum absolute atomic E-state index is 0.582. The fourth-order valence-corrected chi connectivity index (χ4v) is 5.17. The first-order valence-electron chi connectivity index (χ1n) is 9.77. The lowest BCUT2D eigenvalue weighted by Gasteiger charge is -2.13. The number of hydrogen-bond acceptors (Lipinski definition) is 0. The van der Waals surface area contributed by atoms with Crippen molar-refractivity contribution in [2.24, 2.45) is 5.92 Å². The van der Waals surface area contributed by atoms with Crippen LogP contribution in [0.2, 0.25) is 0 Å². The summed E-state index contributed by atoms with van der Waals surface area (Å²) in [6.45, 7) is 9.33. The van der Waals surface area contributed by atoms with E-state index >= 15 is 0 Å². The second-order valence-electron chi connectivity index (χ2n) is 8.48. The van der Waals surface area contributed by atoms with Gasteiger partial charge >= 0.3 is 0 Å².